The number of guanidine groups is 1. The first-order valence-corrected chi connectivity index (χ1v) is 6.35. The number of nitrogens with one attached hydrogen (secondary N) is 3. The van der Waals surface area contributed by atoms with Crippen LogP contribution in [-0.4, -0.2) is 22.6 Å². The smallest absolute Gasteiger partial charge is 0.241 e. The van der Waals surface area contributed by atoms with Crippen LogP contribution in [0.15, 0.2) is 64.7 Å². The zero-order valence-electron chi connectivity index (χ0n) is 11.5. The van der Waals surface area contributed by atoms with E-state index in [9.17, 15) is 5.21 Å². The van der Waals surface area contributed by atoms with Gasteiger partial charge < -0.3 is 5.21 Å². The Kier molecular flexibility index (Phi) is 5.57. The molecule has 8 nitrogen and oxygen atoms in total. The Morgan fingerprint density at radius 2 is 1.91 bits per heavy atom. The number of hydrazone groups is 1. The van der Waals surface area contributed by atoms with Crippen LogP contribution in [0.2, 0.25) is 0 Å². The van der Waals surface area contributed by atoms with Crippen LogP contribution in [0, 0.1) is 5.21 Å². The van der Waals surface area contributed by atoms with Crippen LogP contribution >= 0.6 is 0 Å². The summed E-state index contributed by atoms with van der Waals surface area (Å²) in [6, 6.07) is 15.3. The largest absolute Gasteiger partial charge is 0.595 e. The highest BCUT2D eigenvalue weighted by atomic mass is 16.8. The van der Waals surface area contributed by atoms with Crippen LogP contribution in [-0.2, 0) is 0 Å². The van der Waals surface area contributed by atoms with Crippen LogP contribution in [0.5, 0.6) is 0 Å². The second-order valence-electron chi connectivity index (χ2n) is 4.21. The third-order valence-electron chi connectivity index (χ3n) is 2.62. The second kappa shape index (κ2) is 7.86. The molecule has 0 aromatic heterocycles. The molecule has 0 aliphatic rings. The molecule has 8 heteroatoms. The summed E-state index contributed by atoms with van der Waals surface area (Å²) in [6.07, 6.45) is 1.42. The highest BCUT2D eigenvalue weighted by molar-refractivity contribution is 5.85. The van der Waals surface area contributed by atoms with Gasteiger partial charge in [0.2, 0.25) is 5.96 Å². The normalized spacial score (nSPS) is 13.1. The molecule has 0 amide bonds. The SMILES string of the molecule is [O-][NH+](O)c1cccc(/C=N/NC(=Nc2ccccc2)NO)c1. The number of quaternary nitrogens is 1. The summed E-state index contributed by atoms with van der Waals surface area (Å²) < 4.78 is 0. The lowest BCUT2D eigenvalue weighted by Gasteiger charge is -2.11. The molecule has 22 heavy (non-hydrogen) atoms. The molecule has 0 bridgehead atoms. The summed E-state index contributed by atoms with van der Waals surface area (Å²) in [5, 5.41) is 31.7. The highest BCUT2D eigenvalue weighted by Gasteiger charge is 2.00. The maximum Gasteiger partial charge on any atom is 0.241 e. The fourth-order valence-electron chi connectivity index (χ4n) is 1.63. The van der Waals surface area contributed by atoms with E-state index in [-0.39, 0.29) is 11.6 Å². The van der Waals surface area contributed by atoms with Crippen molar-refractivity contribution in [1.82, 2.24) is 10.9 Å². The van der Waals surface area contributed by atoms with Crippen molar-refractivity contribution < 1.29 is 15.6 Å². The van der Waals surface area contributed by atoms with Crippen molar-refractivity contribution >= 4 is 23.5 Å². The summed E-state index contributed by atoms with van der Waals surface area (Å²) in [7, 11) is 0. The third kappa shape index (κ3) is 4.65. The minimum Gasteiger partial charge on any atom is -0.595 e. The van der Waals surface area contributed by atoms with Crippen molar-refractivity contribution in [3.63, 3.8) is 0 Å². The van der Waals surface area contributed by atoms with Crippen molar-refractivity contribution in [3.8, 4) is 0 Å². The molecule has 0 aliphatic carbocycles. The molecule has 1 atom stereocenters. The average Bonchev–Trinajstić information content (AvgIpc) is 2.55. The molecule has 0 saturated heterocycles. The number of aliphatic imine (C=N–C) groups is 1. The first kappa shape index (κ1) is 15.6. The summed E-state index contributed by atoms with van der Waals surface area (Å²) in [4.78, 5) is 4.09. The van der Waals surface area contributed by atoms with Gasteiger partial charge in [-0.15, -0.1) is 0 Å². The predicted octanol–water partition coefficient (Wildman–Crippen LogP) is 0.680. The van der Waals surface area contributed by atoms with Gasteiger partial charge >= 0.3 is 0 Å². The first-order valence-electron chi connectivity index (χ1n) is 6.35. The quantitative estimate of drug-likeness (QED) is 0.323. The summed E-state index contributed by atoms with van der Waals surface area (Å²) >= 11 is 0. The van der Waals surface area contributed by atoms with Gasteiger partial charge in [-0.1, -0.05) is 30.3 Å². The van der Waals surface area contributed by atoms with E-state index in [1.165, 1.54) is 18.3 Å². The van der Waals surface area contributed by atoms with Crippen LogP contribution in [0.25, 0.3) is 0 Å². The zero-order valence-corrected chi connectivity index (χ0v) is 11.5. The molecule has 2 aromatic rings. The standard InChI is InChI=1S/C14H15N5O3/c20-18-14(16-12-6-2-1-3-7-12)17-15-10-11-5-4-8-13(9-11)19(21)22/h1-10,19-21H,(H2,16,17,18)/b15-10+. The molecule has 1 unspecified atom stereocenters. The van der Waals surface area contributed by atoms with E-state index in [1.807, 2.05) is 23.7 Å². The van der Waals surface area contributed by atoms with Gasteiger partial charge in [0.1, 0.15) is 0 Å². The van der Waals surface area contributed by atoms with Gasteiger partial charge in [0.05, 0.1) is 11.9 Å². The molecule has 0 aliphatic heterocycles. The Labute approximate surface area is 126 Å². The number of benzene rings is 2. The molecule has 0 spiro atoms. The minimum atomic E-state index is -1.01. The van der Waals surface area contributed by atoms with E-state index in [1.54, 1.807) is 24.3 Å². The monoisotopic (exact) mass is 301 g/mol. The van der Waals surface area contributed by atoms with Gasteiger partial charge in [-0.3, -0.25) is 5.21 Å². The average molecular weight is 301 g/mol. The molecule has 0 radical (unpaired) electrons. The number of hydrogen-bond donors (Lipinski definition) is 5. The minimum absolute atomic E-state index is 0.0387. The zero-order chi connectivity index (χ0) is 15.8. The molecule has 5 N–H and O–H groups in total. The molecular weight excluding hydrogens is 286 g/mol. The summed E-state index contributed by atoms with van der Waals surface area (Å²) in [5.74, 6) is 0.0387. The number of hydrogen-bond acceptors (Lipinski definition) is 5. The van der Waals surface area contributed by atoms with E-state index in [4.69, 9.17) is 10.4 Å². The predicted molar refractivity (Wildman–Crippen MR) is 81.4 cm³/mol. The molecule has 0 heterocycles. The number of rotatable bonds is 4. The van der Waals surface area contributed by atoms with Gasteiger partial charge in [0.25, 0.3) is 0 Å². The lowest BCUT2D eigenvalue weighted by Crippen LogP contribution is -2.99. The van der Waals surface area contributed by atoms with Gasteiger partial charge in [0.15, 0.2) is 5.69 Å². The molecule has 2 aromatic carbocycles. The van der Waals surface area contributed by atoms with Gasteiger partial charge in [-0.05, 0) is 12.1 Å². The van der Waals surface area contributed by atoms with E-state index >= 15 is 0 Å². The van der Waals surface area contributed by atoms with Gasteiger partial charge in [0, 0.05) is 17.7 Å². The van der Waals surface area contributed by atoms with E-state index in [0.29, 0.717) is 11.3 Å². The Bertz CT molecular complexity index is 659. The molecule has 0 fully saturated rings. The highest BCUT2D eigenvalue weighted by Crippen LogP contribution is 2.09. The Morgan fingerprint density at radius 3 is 2.59 bits per heavy atom. The van der Waals surface area contributed by atoms with E-state index in [0.717, 1.165) is 0 Å². The maximum atomic E-state index is 10.9. The lowest BCUT2D eigenvalue weighted by atomic mass is 10.2. The fourth-order valence-corrected chi connectivity index (χ4v) is 1.63. The van der Waals surface area contributed by atoms with Crippen molar-refractivity contribution in [2.24, 2.45) is 10.1 Å². The first-order chi connectivity index (χ1) is 10.7. The molecule has 0 saturated carbocycles. The molecule has 2 rings (SSSR count). The number of nitrogens with zero attached hydrogens (tertiary/aromatic N) is 2. The Morgan fingerprint density at radius 1 is 1.14 bits per heavy atom. The molecule has 114 valence electrons. The van der Waals surface area contributed by atoms with Crippen LogP contribution in [0.3, 0.4) is 0 Å². The maximum absolute atomic E-state index is 10.9. The van der Waals surface area contributed by atoms with Crippen molar-refractivity contribution in [1.29, 1.82) is 0 Å². The fraction of sp³-hybridized carbons (Fsp3) is 0. The number of para-hydroxylation sites is 1. The summed E-state index contributed by atoms with van der Waals surface area (Å²) in [5.41, 5.74) is 5.83. The van der Waals surface area contributed by atoms with Crippen LogP contribution in [0.1, 0.15) is 5.56 Å². The van der Waals surface area contributed by atoms with Crippen molar-refractivity contribution in [3.05, 3.63) is 65.4 Å². The molecular formula is C14H15N5O3. The Hall–Kier alpha value is -2.78. The van der Waals surface area contributed by atoms with Crippen molar-refractivity contribution in [2.75, 3.05) is 0 Å². The third-order valence-corrected chi connectivity index (χ3v) is 2.62. The van der Waals surface area contributed by atoms with E-state index in [2.05, 4.69) is 15.5 Å². The Balaban J connectivity index is 2.04. The van der Waals surface area contributed by atoms with Gasteiger partial charge in [-0.25, -0.2) is 21.1 Å². The number of hydroxylamine groups is 1. The van der Waals surface area contributed by atoms with E-state index < -0.39 is 5.23 Å². The van der Waals surface area contributed by atoms with Gasteiger partial charge in [-0.2, -0.15) is 10.3 Å². The van der Waals surface area contributed by atoms with Crippen LogP contribution < -0.4 is 16.1 Å². The topological polar surface area (TPSA) is 117 Å². The van der Waals surface area contributed by atoms with Crippen LogP contribution in [0.4, 0.5) is 11.4 Å². The van der Waals surface area contributed by atoms with Crippen molar-refractivity contribution in [2.45, 2.75) is 0 Å². The lowest BCUT2D eigenvalue weighted by molar-refractivity contribution is -0.991. The summed E-state index contributed by atoms with van der Waals surface area (Å²) in [6.45, 7) is 0. The second-order valence-corrected chi connectivity index (χ2v) is 4.21.